The van der Waals surface area contributed by atoms with E-state index in [1.807, 2.05) is 0 Å². The summed E-state index contributed by atoms with van der Waals surface area (Å²) < 4.78 is 0. The van der Waals surface area contributed by atoms with Crippen LogP contribution in [-0.4, -0.2) is 43.5 Å². The first-order chi connectivity index (χ1) is 16.0. The lowest BCUT2D eigenvalue weighted by Crippen LogP contribution is -2.42. The van der Waals surface area contributed by atoms with Crippen molar-refractivity contribution in [2.24, 2.45) is 5.73 Å². The zero-order valence-corrected chi connectivity index (χ0v) is 21.4. The minimum absolute atomic E-state index is 0.250. The van der Waals surface area contributed by atoms with Crippen LogP contribution in [0, 0.1) is 0 Å². The molecule has 0 radical (unpaired) electrons. The highest BCUT2D eigenvalue weighted by Gasteiger charge is 2.14. The molecule has 184 valence electrons. The fourth-order valence-corrected chi connectivity index (χ4v) is 4.44. The summed E-state index contributed by atoms with van der Waals surface area (Å²) in [7, 11) is 2.19. The summed E-state index contributed by atoms with van der Waals surface area (Å²) in [5, 5.41) is 5.97. The fourth-order valence-electron chi connectivity index (χ4n) is 4.44. The molecule has 0 aliphatic heterocycles. The Balaban J connectivity index is 1.76. The normalized spacial score (nSPS) is 12.5. The third-order valence-corrected chi connectivity index (χ3v) is 6.60. The average molecular weight is 454 g/mol. The molecule has 3 N–H and O–H groups in total. The van der Waals surface area contributed by atoms with Crippen LogP contribution < -0.4 is 11.1 Å². The molecule has 0 saturated heterocycles. The standard InChI is InChI=1S/C29H47N3O/c1-4-6-8-10-20-32(3)21-11-19-31-28(29(30)33)18-15-25-14-17-26-22-24(12-9-7-5-2)13-16-27(26)23-25/h13-14,16-17,22-23,28,31H,4-12,15,18-21H2,1-3H3,(H2,30,33)/t28-/m0/s1. The van der Waals surface area contributed by atoms with E-state index in [2.05, 4.69) is 67.5 Å². The fraction of sp³-hybridized carbons (Fsp3) is 0.621. The Kier molecular flexibility index (Phi) is 13.1. The van der Waals surface area contributed by atoms with Gasteiger partial charge in [-0.05, 0) is 87.1 Å². The van der Waals surface area contributed by atoms with Gasteiger partial charge in [-0.3, -0.25) is 4.79 Å². The predicted octanol–water partition coefficient (Wildman–Crippen LogP) is 5.85. The zero-order valence-electron chi connectivity index (χ0n) is 21.4. The second-order valence-electron chi connectivity index (χ2n) is 9.64. The van der Waals surface area contributed by atoms with E-state index in [1.54, 1.807) is 0 Å². The van der Waals surface area contributed by atoms with E-state index < -0.39 is 0 Å². The number of unbranched alkanes of at least 4 members (excludes halogenated alkanes) is 5. The summed E-state index contributed by atoms with van der Waals surface area (Å²) in [5.41, 5.74) is 8.37. The molecule has 0 aliphatic carbocycles. The topological polar surface area (TPSA) is 58.4 Å². The van der Waals surface area contributed by atoms with Crippen LogP contribution in [0.2, 0.25) is 0 Å². The van der Waals surface area contributed by atoms with E-state index in [1.165, 1.54) is 66.8 Å². The zero-order chi connectivity index (χ0) is 23.9. The third kappa shape index (κ3) is 10.7. The quantitative estimate of drug-likeness (QED) is 0.278. The maximum atomic E-state index is 12.0. The Morgan fingerprint density at radius 2 is 1.45 bits per heavy atom. The van der Waals surface area contributed by atoms with Crippen LogP contribution in [0.3, 0.4) is 0 Å². The molecule has 1 amide bonds. The summed E-state index contributed by atoms with van der Waals surface area (Å²) in [6.45, 7) is 7.52. The number of aryl methyl sites for hydroxylation is 2. The molecule has 4 heteroatoms. The number of carbonyl (C=O) groups is 1. The minimum Gasteiger partial charge on any atom is -0.368 e. The first-order valence-corrected chi connectivity index (χ1v) is 13.3. The number of primary amides is 1. The molecule has 0 aromatic heterocycles. The number of nitrogens with zero attached hydrogens (tertiary/aromatic N) is 1. The van der Waals surface area contributed by atoms with Crippen molar-refractivity contribution in [1.29, 1.82) is 0 Å². The Labute approximate surface area is 202 Å². The maximum Gasteiger partial charge on any atom is 0.234 e. The van der Waals surface area contributed by atoms with Gasteiger partial charge in [-0.1, -0.05) is 82.3 Å². The Bertz CT molecular complexity index is 820. The van der Waals surface area contributed by atoms with E-state index in [0.29, 0.717) is 0 Å². The molecule has 4 nitrogen and oxygen atoms in total. The van der Waals surface area contributed by atoms with Gasteiger partial charge in [0.25, 0.3) is 0 Å². The predicted molar refractivity (Wildman–Crippen MR) is 143 cm³/mol. The van der Waals surface area contributed by atoms with Gasteiger partial charge in [-0.2, -0.15) is 0 Å². The Morgan fingerprint density at radius 1 is 0.848 bits per heavy atom. The number of amides is 1. The van der Waals surface area contributed by atoms with Crippen LogP contribution in [0.4, 0.5) is 0 Å². The summed E-state index contributed by atoms with van der Waals surface area (Å²) in [5.74, 6) is -0.250. The smallest absolute Gasteiger partial charge is 0.234 e. The molecule has 2 rings (SSSR count). The molecule has 2 aromatic rings. The van der Waals surface area contributed by atoms with Crippen LogP contribution >= 0.6 is 0 Å². The van der Waals surface area contributed by atoms with E-state index in [-0.39, 0.29) is 11.9 Å². The maximum absolute atomic E-state index is 12.0. The largest absolute Gasteiger partial charge is 0.368 e. The lowest BCUT2D eigenvalue weighted by molar-refractivity contribution is -0.120. The molecule has 2 aromatic carbocycles. The minimum atomic E-state index is -0.267. The molecule has 33 heavy (non-hydrogen) atoms. The van der Waals surface area contributed by atoms with E-state index >= 15 is 0 Å². The van der Waals surface area contributed by atoms with Gasteiger partial charge in [0, 0.05) is 0 Å². The highest BCUT2D eigenvalue weighted by Crippen LogP contribution is 2.20. The highest BCUT2D eigenvalue weighted by atomic mass is 16.1. The van der Waals surface area contributed by atoms with Crippen molar-refractivity contribution in [3.63, 3.8) is 0 Å². The SMILES string of the molecule is CCCCCCN(C)CCCN[C@@H](CCc1ccc2cc(CCCCC)ccc2c1)C(N)=O. The average Bonchev–Trinajstić information content (AvgIpc) is 2.81. The van der Waals surface area contributed by atoms with Crippen LogP contribution in [0.25, 0.3) is 10.8 Å². The van der Waals surface area contributed by atoms with Crippen LogP contribution in [0.1, 0.15) is 82.8 Å². The number of rotatable bonds is 18. The van der Waals surface area contributed by atoms with Crippen LogP contribution in [0.15, 0.2) is 36.4 Å². The van der Waals surface area contributed by atoms with Gasteiger partial charge in [0.2, 0.25) is 5.91 Å². The van der Waals surface area contributed by atoms with Crippen molar-refractivity contribution in [2.75, 3.05) is 26.7 Å². The van der Waals surface area contributed by atoms with Gasteiger partial charge in [0.05, 0.1) is 6.04 Å². The summed E-state index contributed by atoms with van der Waals surface area (Å²) >= 11 is 0. The molecule has 0 unspecified atom stereocenters. The first-order valence-electron chi connectivity index (χ1n) is 13.3. The third-order valence-electron chi connectivity index (χ3n) is 6.60. The van der Waals surface area contributed by atoms with Gasteiger partial charge in [0.1, 0.15) is 0 Å². The second-order valence-corrected chi connectivity index (χ2v) is 9.64. The summed E-state index contributed by atoms with van der Waals surface area (Å²) in [6.07, 6.45) is 12.8. The van der Waals surface area contributed by atoms with Gasteiger partial charge < -0.3 is 16.0 Å². The number of benzene rings is 2. The molecule has 0 heterocycles. The lowest BCUT2D eigenvalue weighted by atomic mass is 9.98. The molecular weight excluding hydrogens is 406 g/mol. The van der Waals surface area contributed by atoms with Crippen molar-refractivity contribution in [3.05, 3.63) is 47.5 Å². The molecule has 1 atom stereocenters. The van der Waals surface area contributed by atoms with Crippen LogP contribution in [0.5, 0.6) is 0 Å². The van der Waals surface area contributed by atoms with E-state index in [9.17, 15) is 4.79 Å². The van der Waals surface area contributed by atoms with Crippen molar-refractivity contribution in [3.8, 4) is 0 Å². The Morgan fingerprint density at radius 3 is 2.09 bits per heavy atom. The number of fused-ring (bicyclic) bond motifs is 1. The van der Waals surface area contributed by atoms with Gasteiger partial charge in [-0.25, -0.2) is 0 Å². The molecular formula is C29H47N3O. The molecule has 0 bridgehead atoms. The Hall–Kier alpha value is -1.91. The highest BCUT2D eigenvalue weighted by molar-refractivity contribution is 5.84. The number of nitrogens with two attached hydrogens (primary N) is 1. The van der Waals surface area contributed by atoms with Crippen molar-refractivity contribution in [1.82, 2.24) is 10.2 Å². The molecule has 0 spiro atoms. The first kappa shape index (κ1) is 27.3. The number of nitrogens with one attached hydrogen (secondary N) is 1. The van der Waals surface area contributed by atoms with E-state index in [0.717, 1.165) is 45.3 Å². The number of carbonyl (C=O) groups excluding carboxylic acids is 1. The van der Waals surface area contributed by atoms with Gasteiger partial charge >= 0.3 is 0 Å². The van der Waals surface area contributed by atoms with Crippen LogP contribution in [-0.2, 0) is 17.6 Å². The second kappa shape index (κ2) is 15.8. The molecule has 0 fully saturated rings. The molecule has 0 saturated carbocycles. The monoisotopic (exact) mass is 453 g/mol. The van der Waals surface area contributed by atoms with Crippen molar-refractivity contribution < 1.29 is 4.79 Å². The number of hydrogen-bond donors (Lipinski definition) is 2. The summed E-state index contributed by atoms with van der Waals surface area (Å²) in [6, 6.07) is 13.2. The van der Waals surface area contributed by atoms with Crippen molar-refractivity contribution >= 4 is 16.7 Å². The summed E-state index contributed by atoms with van der Waals surface area (Å²) in [4.78, 5) is 14.3. The van der Waals surface area contributed by atoms with Crippen molar-refractivity contribution in [2.45, 2.75) is 90.5 Å². The number of hydrogen-bond acceptors (Lipinski definition) is 3. The van der Waals surface area contributed by atoms with E-state index in [4.69, 9.17) is 5.73 Å². The van der Waals surface area contributed by atoms with Gasteiger partial charge in [0.15, 0.2) is 0 Å². The molecule has 0 aliphatic rings. The van der Waals surface area contributed by atoms with Gasteiger partial charge in [-0.15, -0.1) is 0 Å². The lowest BCUT2D eigenvalue weighted by Gasteiger charge is -2.19.